The van der Waals surface area contributed by atoms with Gasteiger partial charge in [0.2, 0.25) is 0 Å². The van der Waals surface area contributed by atoms with Crippen molar-refractivity contribution in [1.82, 2.24) is 14.7 Å². The molecule has 2 aromatic heterocycles. The smallest absolute Gasteiger partial charge is 0.264 e. The number of hydrogen-bond donors (Lipinski definition) is 1. The maximum Gasteiger partial charge on any atom is 0.264 e. The minimum atomic E-state index is -0.264. The predicted molar refractivity (Wildman–Crippen MR) is 111 cm³/mol. The van der Waals surface area contributed by atoms with E-state index in [1.54, 1.807) is 0 Å². The lowest BCUT2D eigenvalue weighted by atomic mass is 9.76. The van der Waals surface area contributed by atoms with Gasteiger partial charge in [-0.3, -0.25) is 9.48 Å². The van der Waals surface area contributed by atoms with Crippen LogP contribution in [0.1, 0.15) is 41.8 Å². The van der Waals surface area contributed by atoms with Gasteiger partial charge in [0, 0.05) is 36.5 Å². The molecule has 1 N–H and O–H groups in total. The van der Waals surface area contributed by atoms with Gasteiger partial charge in [-0.1, -0.05) is 36.8 Å². The Morgan fingerprint density at radius 3 is 2.79 bits per heavy atom. The highest BCUT2D eigenvalue weighted by atomic mass is 32.1. The number of carbonyl (C=O) groups is 1. The minimum Gasteiger partial charge on any atom is -0.392 e. The molecule has 1 saturated carbocycles. The first-order valence-electron chi connectivity index (χ1n) is 10.1. The molecule has 2 fully saturated rings. The van der Waals surface area contributed by atoms with Crippen LogP contribution in [-0.4, -0.2) is 44.9 Å². The fourth-order valence-corrected chi connectivity index (χ4v) is 6.08. The number of aliphatic hydroxyl groups excluding tert-OH is 1. The van der Waals surface area contributed by atoms with Crippen molar-refractivity contribution in [3.8, 4) is 11.3 Å². The third kappa shape index (κ3) is 2.78. The van der Waals surface area contributed by atoms with Crippen LogP contribution in [0, 0.1) is 5.41 Å². The van der Waals surface area contributed by atoms with Crippen LogP contribution in [0.15, 0.2) is 36.4 Å². The zero-order valence-electron chi connectivity index (χ0n) is 16.1. The van der Waals surface area contributed by atoms with Crippen molar-refractivity contribution in [2.75, 3.05) is 13.1 Å². The summed E-state index contributed by atoms with van der Waals surface area (Å²) in [5, 5.41) is 16.2. The van der Waals surface area contributed by atoms with Gasteiger partial charge in [-0.25, -0.2) is 0 Å². The summed E-state index contributed by atoms with van der Waals surface area (Å²) in [6.45, 7) is 1.47. The molecule has 0 unspecified atom stereocenters. The number of hydrogen-bond acceptors (Lipinski definition) is 4. The summed E-state index contributed by atoms with van der Waals surface area (Å²) in [6.07, 6.45) is 4.72. The second kappa shape index (κ2) is 6.71. The van der Waals surface area contributed by atoms with Crippen molar-refractivity contribution in [3.05, 3.63) is 41.3 Å². The fourth-order valence-electron chi connectivity index (χ4n) is 5.04. The molecule has 2 atom stereocenters. The number of fused-ring (bicyclic) bond motifs is 1. The largest absolute Gasteiger partial charge is 0.392 e. The first-order valence-corrected chi connectivity index (χ1v) is 10.9. The molecule has 146 valence electrons. The van der Waals surface area contributed by atoms with E-state index in [1.165, 1.54) is 11.3 Å². The monoisotopic (exact) mass is 395 g/mol. The summed E-state index contributed by atoms with van der Waals surface area (Å²) >= 11 is 1.52. The lowest BCUT2D eigenvalue weighted by Crippen LogP contribution is -2.49. The Hall–Kier alpha value is -2.18. The van der Waals surface area contributed by atoms with Crippen molar-refractivity contribution in [3.63, 3.8) is 0 Å². The predicted octanol–water partition coefficient (Wildman–Crippen LogP) is 4.07. The Balaban J connectivity index is 1.47. The van der Waals surface area contributed by atoms with Crippen LogP contribution in [0.5, 0.6) is 0 Å². The van der Waals surface area contributed by atoms with Gasteiger partial charge in [0.15, 0.2) is 0 Å². The SMILES string of the molecule is Cn1nc(-c2ccccc2)c2cc(C(=O)N3CCC[C@@]4(CCC[C@H]4O)C3)sc21. The maximum atomic E-state index is 13.3. The van der Waals surface area contributed by atoms with E-state index in [2.05, 4.69) is 17.2 Å². The van der Waals surface area contributed by atoms with Gasteiger partial charge in [0.25, 0.3) is 5.91 Å². The van der Waals surface area contributed by atoms with Gasteiger partial charge in [-0.15, -0.1) is 11.3 Å². The average Bonchev–Trinajstić information content (AvgIpc) is 3.38. The molecule has 0 radical (unpaired) electrons. The van der Waals surface area contributed by atoms with Crippen LogP contribution in [0.4, 0.5) is 0 Å². The van der Waals surface area contributed by atoms with E-state index in [0.29, 0.717) is 6.54 Å². The molecule has 5 rings (SSSR count). The van der Waals surface area contributed by atoms with Crippen LogP contribution in [0.25, 0.3) is 21.5 Å². The van der Waals surface area contributed by atoms with Crippen LogP contribution < -0.4 is 0 Å². The molecule has 1 amide bonds. The van der Waals surface area contributed by atoms with Crippen LogP contribution >= 0.6 is 11.3 Å². The Kier molecular flexibility index (Phi) is 4.29. The van der Waals surface area contributed by atoms with Crippen LogP contribution in [0.2, 0.25) is 0 Å². The molecule has 1 aromatic carbocycles. The number of likely N-dealkylation sites (tertiary alicyclic amines) is 1. The molecule has 0 bridgehead atoms. The van der Waals surface area contributed by atoms with E-state index >= 15 is 0 Å². The van der Waals surface area contributed by atoms with Crippen molar-refractivity contribution in [2.24, 2.45) is 12.5 Å². The summed E-state index contributed by atoms with van der Waals surface area (Å²) in [5.74, 6) is 0.0957. The lowest BCUT2D eigenvalue weighted by molar-refractivity contribution is -0.00519. The van der Waals surface area contributed by atoms with Gasteiger partial charge < -0.3 is 10.0 Å². The number of nitrogens with zero attached hydrogens (tertiary/aromatic N) is 3. The minimum absolute atomic E-state index is 0.0820. The van der Waals surface area contributed by atoms with Gasteiger partial charge >= 0.3 is 0 Å². The van der Waals surface area contributed by atoms with Crippen LogP contribution in [0.3, 0.4) is 0 Å². The van der Waals surface area contributed by atoms with Crippen LogP contribution in [-0.2, 0) is 7.05 Å². The Labute approximate surface area is 168 Å². The summed E-state index contributed by atoms with van der Waals surface area (Å²) in [7, 11) is 1.93. The first-order chi connectivity index (χ1) is 13.6. The molecule has 3 heterocycles. The van der Waals surface area contributed by atoms with E-state index < -0.39 is 0 Å². The Bertz CT molecular complexity index is 1030. The first kappa shape index (κ1) is 17.9. The Morgan fingerprint density at radius 1 is 1.25 bits per heavy atom. The normalized spacial score (nSPS) is 25.1. The molecule has 5 nitrogen and oxygen atoms in total. The summed E-state index contributed by atoms with van der Waals surface area (Å²) in [5.41, 5.74) is 1.91. The Morgan fingerprint density at radius 2 is 2.04 bits per heavy atom. The second-order valence-electron chi connectivity index (χ2n) is 8.27. The molecule has 1 aliphatic heterocycles. The number of aliphatic hydroxyl groups is 1. The number of rotatable bonds is 2. The zero-order valence-corrected chi connectivity index (χ0v) is 16.9. The topological polar surface area (TPSA) is 58.4 Å². The van der Waals surface area contributed by atoms with E-state index in [-0.39, 0.29) is 17.4 Å². The van der Waals surface area contributed by atoms with Crippen molar-refractivity contribution in [1.29, 1.82) is 0 Å². The fraction of sp³-hybridized carbons (Fsp3) is 0.455. The quantitative estimate of drug-likeness (QED) is 0.712. The highest BCUT2D eigenvalue weighted by Gasteiger charge is 2.45. The van der Waals surface area contributed by atoms with Crippen molar-refractivity contribution in [2.45, 2.75) is 38.2 Å². The van der Waals surface area contributed by atoms with Gasteiger partial charge in [-0.2, -0.15) is 5.10 Å². The number of aryl methyl sites for hydroxylation is 1. The molecule has 6 heteroatoms. The molecule has 1 saturated heterocycles. The third-order valence-electron chi connectivity index (χ3n) is 6.52. The lowest BCUT2D eigenvalue weighted by Gasteiger charge is -2.42. The van der Waals surface area contributed by atoms with Crippen molar-refractivity contribution >= 4 is 27.5 Å². The van der Waals surface area contributed by atoms with E-state index in [9.17, 15) is 9.90 Å². The summed E-state index contributed by atoms with van der Waals surface area (Å²) in [6, 6.07) is 12.1. The molecule has 1 spiro atoms. The number of carbonyl (C=O) groups excluding carboxylic acids is 1. The van der Waals surface area contributed by atoms with E-state index in [1.807, 2.05) is 40.9 Å². The van der Waals surface area contributed by atoms with Gasteiger partial charge in [0.05, 0.1) is 11.0 Å². The molecular formula is C22H25N3O2S. The van der Waals surface area contributed by atoms with Crippen molar-refractivity contribution < 1.29 is 9.90 Å². The molecule has 1 aliphatic carbocycles. The van der Waals surface area contributed by atoms with E-state index in [0.717, 1.165) is 65.0 Å². The molecule has 2 aliphatic rings. The second-order valence-corrected chi connectivity index (χ2v) is 9.30. The number of benzene rings is 1. The average molecular weight is 396 g/mol. The number of aromatic nitrogens is 2. The number of thiophene rings is 1. The molecule has 3 aromatic rings. The summed E-state index contributed by atoms with van der Waals surface area (Å²) in [4.78, 5) is 17.1. The highest BCUT2D eigenvalue weighted by molar-refractivity contribution is 7.20. The van der Waals surface area contributed by atoms with Gasteiger partial charge in [0.1, 0.15) is 10.5 Å². The highest BCUT2D eigenvalue weighted by Crippen LogP contribution is 2.45. The zero-order chi connectivity index (χ0) is 19.3. The molecule has 28 heavy (non-hydrogen) atoms. The third-order valence-corrected chi connectivity index (χ3v) is 7.71. The summed E-state index contributed by atoms with van der Waals surface area (Å²) < 4.78 is 1.87. The standard InChI is InChI=1S/C22H25N3O2S/c1-24-21-16(19(23-24)15-7-3-2-4-8-15)13-17(28-21)20(27)25-12-6-11-22(14-25)10-5-9-18(22)26/h2-4,7-8,13,18,26H,5-6,9-12,14H2,1H3/t18-,22+/m1/s1. The number of piperidine rings is 1. The molecular weight excluding hydrogens is 370 g/mol. The maximum absolute atomic E-state index is 13.3. The van der Waals surface area contributed by atoms with Gasteiger partial charge in [-0.05, 0) is 31.7 Å². The van der Waals surface area contributed by atoms with E-state index in [4.69, 9.17) is 0 Å². The number of amides is 1.